The molecular formula is C8H6N6O4S2. The van der Waals surface area contributed by atoms with E-state index in [-0.39, 0.29) is 22.7 Å². The number of hydrogen-bond acceptors (Lipinski definition) is 11. The average molecular weight is 314 g/mol. The van der Waals surface area contributed by atoms with Crippen molar-refractivity contribution in [2.75, 3.05) is 6.67 Å². The van der Waals surface area contributed by atoms with Crippen LogP contribution in [0.15, 0.2) is 32.4 Å². The molecule has 0 saturated heterocycles. The van der Waals surface area contributed by atoms with E-state index in [0.29, 0.717) is 10.0 Å². The van der Waals surface area contributed by atoms with Gasteiger partial charge in [-0.15, -0.1) is 0 Å². The molecule has 0 bridgehead atoms. The lowest BCUT2D eigenvalue weighted by Gasteiger charge is -2.25. The van der Waals surface area contributed by atoms with Crippen LogP contribution in [0.1, 0.15) is 0 Å². The lowest BCUT2D eigenvalue weighted by atomic mass is 10.4. The number of aliphatic imine (C=N–C) groups is 2. The first-order chi connectivity index (χ1) is 9.52. The Morgan fingerprint density at radius 2 is 2.25 bits per heavy atom. The van der Waals surface area contributed by atoms with E-state index in [9.17, 15) is 20.5 Å². The van der Waals surface area contributed by atoms with Crippen LogP contribution < -0.4 is 0 Å². The van der Waals surface area contributed by atoms with Crippen LogP contribution in [-0.4, -0.2) is 48.1 Å². The van der Waals surface area contributed by atoms with Crippen LogP contribution in [-0.2, 0) is 0 Å². The molecular weight excluding hydrogens is 308 g/mol. The van der Waals surface area contributed by atoms with Gasteiger partial charge >= 0.3 is 5.00 Å². The molecule has 1 aromatic rings. The number of thioether (sulfide) groups is 1. The Kier molecular flexibility index (Phi) is 3.13. The van der Waals surface area contributed by atoms with Gasteiger partial charge in [0.05, 0.1) is 11.1 Å². The van der Waals surface area contributed by atoms with Crippen molar-refractivity contribution in [3.63, 3.8) is 0 Å². The van der Waals surface area contributed by atoms with Crippen LogP contribution in [0.3, 0.4) is 0 Å². The second-order valence-electron chi connectivity index (χ2n) is 3.65. The van der Waals surface area contributed by atoms with Gasteiger partial charge in [0.25, 0.3) is 0 Å². The Balaban J connectivity index is 1.81. The highest BCUT2D eigenvalue weighted by atomic mass is 32.2. The largest absolute Gasteiger partial charge is 0.344 e. The molecule has 10 nitrogen and oxygen atoms in total. The maximum absolute atomic E-state index is 10.6. The average Bonchev–Trinajstić information content (AvgIpc) is 2.96. The predicted octanol–water partition coefficient (Wildman–Crippen LogP) is 1.11. The number of nitrogens with zero attached hydrogens (tertiary/aromatic N) is 6. The SMILES string of the molecule is O=[N+]([O-])c1cnc(SC2=NC3=CN(O)CN(O)C3=N2)s1. The topological polar surface area (TPSA) is 128 Å². The summed E-state index contributed by atoms with van der Waals surface area (Å²) in [7, 11) is 0. The van der Waals surface area contributed by atoms with Gasteiger partial charge in [0.2, 0.25) is 0 Å². The highest BCUT2D eigenvalue weighted by Crippen LogP contribution is 2.32. The van der Waals surface area contributed by atoms with Crippen LogP contribution in [0.25, 0.3) is 0 Å². The first-order valence-electron chi connectivity index (χ1n) is 5.12. The fraction of sp³-hybridized carbons (Fsp3) is 0.125. The molecule has 0 atom stereocenters. The smallest absolute Gasteiger partial charge is 0.287 e. The van der Waals surface area contributed by atoms with Crippen LogP contribution in [0.5, 0.6) is 0 Å². The third kappa shape index (κ3) is 2.36. The Labute approximate surface area is 119 Å². The van der Waals surface area contributed by atoms with Gasteiger partial charge in [0.15, 0.2) is 15.3 Å². The zero-order chi connectivity index (χ0) is 14.3. The van der Waals surface area contributed by atoms with Crippen molar-refractivity contribution in [1.29, 1.82) is 0 Å². The summed E-state index contributed by atoms with van der Waals surface area (Å²) in [6.07, 6.45) is 2.49. The van der Waals surface area contributed by atoms with Gasteiger partial charge in [-0.25, -0.2) is 25.1 Å². The van der Waals surface area contributed by atoms with Crippen LogP contribution in [0.2, 0.25) is 0 Å². The van der Waals surface area contributed by atoms with Gasteiger partial charge in [-0.1, -0.05) is 0 Å². The zero-order valence-electron chi connectivity index (χ0n) is 9.57. The summed E-state index contributed by atoms with van der Waals surface area (Å²) in [4.78, 5) is 22.1. The minimum atomic E-state index is -0.522. The Hall–Kier alpha value is -2.02. The molecule has 0 spiro atoms. The van der Waals surface area contributed by atoms with E-state index in [2.05, 4.69) is 15.0 Å². The number of aromatic nitrogens is 1. The number of rotatable bonds is 2. The molecule has 0 aliphatic carbocycles. The van der Waals surface area contributed by atoms with Crippen molar-refractivity contribution in [3.8, 4) is 0 Å². The molecule has 12 heteroatoms. The summed E-state index contributed by atoms with van der Waals surface area (Å²) >= 11 is 1.96. The highest BCUT2D eigenvalue weighted by Gasteiger charge is 2.28. The molecule has 2 aliphatic heterocycles. The van der Waals surface area contributed by atoms with E-state index in [1.807, 2.05) is 0 Å². The van der Waals surface area contributed by atoms with Gasteiger partial charge in [-0.3, -0.25) is 20.5 Å². The van der Waals surface area contributed by atoms with Crippen LogP contribution in [0, 0.1) is 10.1 Å². The molecule has 20 heavy (non-hydrogen) atoms. The van der Waals surface area contributed by atoms with Crippen molar-refractivity contribution < 1.29 is 15.3 Å². The van der Waals surface area contributed by atoms with E-state index in [0.717, 1.165) is 39.4 Å². The lowest BCUT2D eigenvalue weighted by molar-refractivity contribution is -0.380. The Morgan fingerprint density at radius 3 is 2.95 bits per heavy atom. The zero-order valence-corrected chi connectivity index (χ0v) is 11.2. The second kappa shape index (κ2) is 4.82. The van der Waals surface area contributed by atoms with Crippen molar-refractivity contribution in [2.24, 2.45) is 9.98 Å². The third-order valence-corrected chi connectivity index (χ3v) is 4.16. The molecule has 0 aromatic carbocycles. The van der Waals surface area contributed by atoms with Crippen molar-refractivity contribution >= 4 is 39.1 Å². The molecule has 0 unspecified atom stereocenters. The predicted molar refractivity (Wildman–Crippen MR) is 69.7 cm³/mol. The Bertz CT molecular complexity index is 668. The van der Waals surface area contributed by atoms with Crippen molar-refractivity contribution in [3.05, 3.63) is 28.2 Å². The standard InChI is InChI=1S/C8H6N6O4S2/c15-12-2-4-6(13(16)3-12)11-7(10-4)20-8-9-1-5(19-8)14(17)18/h1-2,15-16H,3H2. The van der Waals surface area contributed by atoms with Crippen LogP contribution in [0.4, 0.5) is 5.00 Å². The molecule has 0 amide bonds. The molecule has 104 valence electrons. The normalized spacial score (nSPS) is 17.6. The number of hydrogen-bond donors (Lipinski definition) is 2. The van der Waals surface area contributed by atoms with E-state index in [1.54, 1.807) is 0 Å². The number of fused-ring (bicyclic) bond motifs is 1. The molecule has 3 rings (SSSR count). The monoisotopic (exact) mass is 314 g/mol. The number of thiazole rings is 1. The molecule has 1 aromatic heterocycles. The van der Waals surface area contributed by atoms with Crippen molar-refractivity contribution in [2.45, 2.75) is 4.34 Å². The summed E-state index contributed by atoms with van der Waals surface area (Å²) in [6, 6.07) is 0. The summed E-state index contributed by atoms with van der Waals surface area (Å²) < 4.78 is 0.421. The lowest BCUT2D eigenvalue weighted by Crippen LogP contribution is -2.40. The Morgan fingerprint density at radius 1 is 1.45 bits per heavy atom. The summed E-state index contributed by atoms with van der Waals surface area (Å²) in [5, 5.41) is 31.2. The van der Waals surface area contributed by atoms with Gasteiger partial charge in [-0.2, -0.15) is 0 Å². The maximum atomic E-state index is 10.6. The molecule has 0 saturated carbocycles. The first kappa shape index (κ1) is 13.0. The molecule has 2 aliphatic rings. The molecule has 3 heterocycles. The van der Waals surface area contributed by atoms with Gasteiger partial charge in [0, 0.05) is 0 Å². The quantitative estimate of drug-likeness (QED) is 0.613. The summed E-state index contributed by atoms with van der Waals surface area (Å²) in [5.74, 6) is 0.212. The fourth-order valence-corrected chi connectivity index (χ4v) is 3.14. The van der Waals surface area contributed by atoms with E-state index in [1.165, 1.54) is 6.20 Å². The number of nitro groups is 1. The maximum Gasteiger partial charge on any atom is 0.344 e. The van der Waals surface area contributed by atoms with Crippen LogP contribution >= 0.6 is 23.1 Å². The van der Waals surface area contributed by atoms with E-state index >= 15 is 0 Å². The number of amidine groups is 2. The molecule has 2 N–H and O–H groups in total. The van der Waals surface area contributed by atoms with Gasteiger partial charge in [0.1, 0.15) is 18.6 Å². The summed E-state index contributed by atoms with van der Waals surface area (Å²) in [5.41, 5.74) is 0.301. The fourth-order valence-electron chi connectivity index (χ4n) is 1.49. The minimum Gasteiger partial charge on any atom is -0.287 e. The summed E-state index contributed by atoms with van der Waals surface area (Å²) in [6.45, 7) is -0.140. The first-order valence-corrected chi connectivity index (χ1v) is 6.76. The van der Waals surface area contributed by atoms with E-state index in [4.69, 9.17) is 0 Å². The molecule has 0 fully saturated rings. The third-order valence-electron chi connectivity index (χ3n) is 2.27. The van der Waals surface area contributed by atoms with Gasteiger partial charge < -0.3 is 0 Å². The molecule has 0 radical (unpaired) electrons. The highest BCUT2D eigenvalue weighted by molar-refractivity contribution is 8.15. The van der Waals surface area contributed by atoms with Crippen molar-refractivity contribution in [1.82, 2.24) is 15.1 Å². The van der Waals surface area contributed by atoms with E-state index < -0.39 is 4.92 Å². The minimum absolute atomic E-state index is 0.0688. The number of hydroxylamine groups is 4. The second-order valence-corrected chi connectivity index (χ2v) is 5.87. The van der Waals surface area contributed by atoms with Gasteiger partial charge in [-0.05, 0) is 23.1 Å².